The van der Waals surface area contributed by atoms with Gasteiger partial charge in [0.05, 0.1) is 12.3 Å². The van der Waals surface area contributed by atoms with E-state index in [9.17, 15) is 4.79 Å². The van der Waals surface area contributed by atoms with Crippen molar-refractivity contribution in [3.8, 4) is 17.6 Å². The van der Waals surface area contributed by atoms with E-state index in [1.165, 1.54) is 0 Å². The van der Waals surface area contributed by atoms with Crippen molar-refractivity contribution in [2.24, 2.45) is 5.92 Å². The molecule has 0 amide bonds. The van der Waals surface area contributed by atoms with Crippen LogP contribution < -0.4 is 4.74 Å². The zero-order valence-electron chi connectivity index (χ0n) is 16.3. The number of carbonyl (C=O) groups is 1. The van der Waals surface area contributed by atoms with Crippen LogP contribution in [0.2, 0.25) is 0 Å². The summed E-state index contributed by atoms with van der Waals surface area (Å²) >= 11 is 0. The summed E-state index contributed by atoms with van der Waals surface area (Å²) in [6.07, 6.45) is 3.52. The van der Waals surface area contributed by atoms with Crippen molar-refractivity contribution >= 4 is 17.0 Å². The van der Waals surface area contributed by atoms with E-state index in [4.69, 9.17) is 9.84 Å². The van der Waals surface area contributed by atoms with Crippen LogP contribution in [0.4, 0.5) is 0 Å². The molecule has 0 spiro atoms. The van der Waals surface area contributed by atoms with Crippen LogP contribution in [-0.4, -0.2) is 21.0 Å². The number of aromatic nitrogens is 2. The molecule has 5 heteroatoms. The summed E-state index contributed by atoms with van der Waals surface area (Å²) in [4.78, 5) is 18.6. The number of carboxylic acid groups (broad SMARTS) is 1. The van der Waals surface area contributed by atoms with Crippen LogP contribution in [-0.2, 0) is 4.79 Å². The first-order chi connectivity index (χ1) is 13.5. The third kappa shape index (κ3) is 4.34. The maximum atomic E-state index is 11.1. The first-order valence-corrected chi connectivity index (χ1v) is 9.32. The summed E-state index contributed by atoms with van der Waals surface area (Å²) in [5, 5.41) is 10.2. The van der Waals surface area contributed by atoms with Crippen LogP contribution in [0.1, 0.15) is 50.3 Å². The van der Waals surface area contributed by atoms with Crippen molar-refractivity contribution in [3.05, 3.63) is 59.9 Å². The molecule has 2 N–H and O–H groups in total. The molecule has 3 aromatic rings. The van der Waals surface area contributed by atoms with E-state index in [2.05, 4.69) is 35.7 Å². The number of aromatic amines is 1. The van der Waals surface area contributed by atoms with Gasteiger partial charge in [-0.3, -0.25) is 4.79 Å². The molecular formula is C23H24N2O3. The summed E-state index contributed by atoms with van der Waals surface area (Å²) in [5.74, 6) is 5.60. The van der Waals surface area contributed by atoms with Crippen molar-refractivity contribution in [3.63, 3.8) is 0 Å². The number of nitrogens with one attached hydrogen (secondary N) is 1. The number of ether oxygens (including phenoxy) is 1. The van der Waals surface area contributed by atoms with Crippen molar-refractivity contribution < 1.29 is 14.6 Å². The fraction of sp³-hybridized carbons (Fsp3) is 0.304. The first-order valence-electron chi connectivity index (χ1n) is 9.32. The lowest BCUT2D eigenvalue weighted by molar-refractivity contribution is -0.137. The van der Waals surface area contributed by atoms with Gasteiger partial charge in [0.15, 0.2) is 0 Å². The SMILES string of the molecule is CC#CC(CC(=O)O)c1ccc(OC(c2ccnc3[nH]ccc23)C(C)C)cc1. The Bertz CT molecular complexity index is 1010. The average molecular weight is 376 g/mol. The predicted molar refractivity (Wildman–Crippen MR) is 109 cm³/mol. The van der Waals surface area contributed by atoms with Gasteiger partial charge in [-0.05, 0) is 42.7 Å². The van der Waals surface area contributed by atoms with Crippen LogP contribution in [0.5, 0.6) is 5.75 Å². The number of rotatable bonds is 7. The van der Waals surface area contributed by atoms with Gasteiger partial charge in [0.25, 0.3) is 0 Å². The van der Waals surface area contributed by atoms with Crippen LogP contribution in [0.25, 0.3) is 11.0 Å². The van der Waals surface area contributed by atoms with Crippen LogP contribution in [0.3, 0.4) is 0 Å². The van der Waals surface area contributed by atoms with E-state index in [-0.39, 0.29) is 24.4 Å². The maximum Gasteiger partial charge on any atom is 0.304 e. The Morgan fingerprint density at radius 3 is 2.61 bits per heavy atom. The lowest BCUT2D eigenvalue weighted by atomic mass is 9.95. The molecule has 0 aliphatic carbocycles. The molecule has 0 radical (unpaired) electrons. The summed E-state index contributed by atoms with van der Waals surface area (Å²) in [6, 6.07) is 11.6. The van der Waals surface area contributed by atoms with Gasteiger partial charge in [-0.2, -0.15) is 0 Å². The zero-order chi connectivity index (χ0) is 20.1. The summed E-state index contributed by atoms with van der Waals surface area (Å²) in [7, 11) is 0. The number of carboxylic acids is 1. The fourth-order valence-electron chi connectivity index (χ4n) is 3.32. The average Bonchev–Trinajstić information content (AvgIpc) is 3.15. The molecule has 0 aliphatic heterocycles. The van der Waals surface area contributed by atoms with Crippen molar-refractivity contribution in [2.45, 2.75) is 39.2 Å². The number of hydrogen-bond donors (Lipinski definition) is 2. The summed E-state index contributed by atoms with van der Waals surface area (Å²) in [6.45, 7) is 5.96. The van der Waals surface area contributed by atoms with Crippen molar-refractivity contribution in [1.82, 2.24) is 9.97 Å². The maximum absolute atomic E-state index is 11.1. The van der Waals surface area contributed by atoms with Gasteiger partial charge in [0, 0.05) is 23.3 Å². The highest BCUT2D eigenvalue weighted by atomic mass is 16.5. The molecule has 0 aliphatic rings. The Morgan fingerprint density at radius 1 is 1.21 bits per heavy atom. The highest BCUT2D eigenvalue weighted by Crippen LogP contribution is 2.33. The molecule has 0 saturated carbocycles. The van der Waals surface area contributed by atoms with E-state index in [0.717, 1.165) is 27.9 Å². The molecule has 5 nitrogen and oxygen atoms in total. The van der Waals surface area contributed by atoms with E-state index >= 15 is 0 Å². The molecule has 28 heavy (non-hydrogen) atoms. The molecule has 2 atom stereocenters. The minimum atomic E-state index is -0.860. The first kappa shape index (κ1) is 19.5. The molecule has 3 rings (SSSR count). The number of benzene rings is 1. The standard InChI is InChI=1S/C23H24N2O3/c1-4-5-17(14-21(26)27)16-6-8-18(9-7-16)28-22(15(2)3)19-10-12-24-23-20(19)11-13-25-23/h6-13,15,17,22H,14H2,1-3H3,(H,24,25)(H,26,27). The van der Waals surface area contributed by atoms with E-state index in [1.807, 2.05) is 42.6 Å². The van der Waals surface area contributed by atoms with Crippen LogP contribution >= 0.6 is 0 Å². The quantitative estimate of drug-likeness (QED) is 0.574. The Hall–Kier alpha value is -3.26. The Balaban J connectivity index is 1.85. The third-order valence-corrected chi connectivity index (χ3v) is 4.65. The predicted octanol–water partition coefficient (Wildman–Crippen LogP) is 4.92. The van der Waals surface area contributed by atoms with Crippen LogP contribution in [0.15, 0.2) is 48.8 Å². The van der Waals surface area contributed by atoms with Gasteiger partial charge in [-0.25, -0.2) is 4.98 Å². The number of H-pyrrole nitrogens is 1. The van der Waals surface area contributed by atoms with E-state index in [0.29, 0.717) is 0 Å². The summed E-state index contributed by atoms with van der Waals surface area (Å²) in [5.41, 5.74) is 2.81. The molecular weight excluding hydrogens is 352 g/mol. The number of fused-ring (bicyclic) bond motifs is 1. The summed E-state index contributed by atoms with van der Waals surface area (Å²) < 4.78 is 6.32. The van der Waals surface area contributed by atoms with Crippen LogP contribution in [0, 0.1) is 17.8 Å². The van der Waals surface area contributed by atoms with Crippen molar-refractivity contribution in [2.75, 3.05) is 0 Å². The van der Waals surface area contributed by atoms with Gasteiger partial charge in [0.1, 0.15) is 17.5 Å². The Labute approximate surface area is 164 Å². The minimum Gasteiger partial charge on any atom is -0.485 e. The lowest BCUT2D eigenvalue weighted by Crippen LogP contribution is -2.15. The lowest BCUT2D eigenvalue weighted by Gasteiger charge is -2.24. The number of pyridine rings is 1. The Morgan fingerprint density at radius 2 is 1.96 bits per heavy atom. The molecule has 0 saturated heterocycles. The molecule has 1 aromatic carbocycles. The number of nitrogens with zero attached hydrogens (tertiary/aromatic N) is 1. The van der Waals surface area contributed by atoms with Gasteiger partial charge < -0.3 is 14.8 Å². The zero-order valence-corrected chi connectivity index (χ0v) is 16.3. The van der Waals surface area contributed by atoms with E-state index in [1.54, 1.807) is 13.1 Å². The third-order valence-electron chi connectivity index (χ3n) is 4.65. The molecule has 144 valence electrons. The topological polar surface area (TPSA) is 75.2 Å². The molecule has 2 heterocycles. The van der Waals surface area contributed by atoms with Gasteiger partial charge in [0.2, 0.25) is 0 Å². The second-order valence-corrected chi connectivity index (χ2v) is 7.04. The normalized spacial score (nSPS) is 13.0. The van der Waals surface area contributed by atoms with Gasteiger partial charge in [-0.15, -0.1) is 5.92 Å². The Kier molecular flexibility index (Phi) is 6.00. The van der Waals surface area contributed by atoms with Gasteiger partial charge in [-0.1, -0.05) is 31.9 Å². The molecule has 0 bridgehead atoms. The van der Waals surface area contributed by atoms with Gasteiger partial charge >= 0.3 is 5.97 Å². The monoisotopic (exact) mass is 376 g/mol. The second-order valence-electron chi connectivity index (χ2n) is 7.04. The molecule has 0 fully saturated rings. The smallest absolute Gasteiger partial charge is 0.304 e. The highest BCUT2D eigenvalue weighted by Gasteiger charge is 2.21. The second kappa shape index (κ2) is 8.62. The molecule has 2 aromatic heterocycles. The highest BCUT2D eigenvalue weighted by molar-refractivity contribution is 5.79. The number of hydrogen-bond acceptors (Lipinski definition) is 3. The van der Waals surface area contributed by atoms with Crippen molar-refractivity contribution in [1.29, 1.82) is 0 Å². The minimum absolute atomic E-state index is 0.0157. The van der Waals surface area contributed by atoms with E-state index < -0.39 is 5.97 Å². The fourth-order valence-corrected chi connectivity index (χ4v) is 3.32. The largest absolute Gasteiger partial charge is 0.485 e. The molecule has 2 unspecified atom stereocenters. The number of aliphatic carboxylic acids is 1.